The fraction of sp³-hybridized carbons (Fsp3) is 0.316. The molecule has 1 N–H and O–H groups in total. The van der Waals surface area contributed by atoms with Gasteiger partial charge in [-0.05, 0) is 18.1 Å². The molecule has 1 amide bonds. The van der Waals surface area contributed by atoms with Crippen molar-refractivity contribution in [3.8, 4) is 0 Å². The number of carbonyl (C=O) groups is 1. The summed E-state index contributed by atoms with van der Waals surface area (Å²) in [6, 6.07) is 18.6. The molecule has 0 radical (unpaired) electrons. The highest BCUT2D eigenvalue weighted by molar-refractivity contribution is 5.68. The molecule has 0 saturated carbocycles. The van der Waals surface area contributed by atoms with Crippen LogP contribution in [0.25, 0.3) is 0 Å². The zero-order valence-electron chi connectivity index (χ0n) is 14.0. The second-order valence-electron chi connectivity index (χ2n) is 5.15. The standard InChI is InChI=1S/C19H23NO4/c1-3-23-18(22-2)17(16-12-8-5-9-13-16)20-19(21)24-14-15-10-6-4-7-11-15/h4-13,17-18H,3,14H2,1-2H3,(H,20,21). The van der Waals surface area contributed by atoms with Crippen molar-refractivity contribution in [2.75, 3.05) is 13.7 Å². The first kappa shape index (κ1) is 18.0. The predicted molar refractivity (Wildman–Crippen MR) is 91.4 cm³/mol. The van der Waals surface area contributed by atoms with E-state index in [1.165, 1.54) is 0 Å². The number of methoxy groups -OCH3 is 1. The van der Waals surface area contributed by atoms with E-state index in [9.17, 15) is 4.79 Å². The topological polar surface area (TPSA) is 56.8 Å². The molecule has 0 heterocycles. The number of alkyl carbamates (subject to hydrolysis) is 1. The number of rotatable bonds is 8. The molecule has 2 aromatic carbocycles. The molecule has 2 aromatic rings. The fourth-order valence-electron chi connectivity index (χ4n) is 2.33. The first-order valence-corrected chi connectivity index (χ1v) is 7.91. The molecule has 0 aliphatic rings. The Kier molecular flexibility index (Phi) is 7.26. The highest BCUT2D eigenvalue weighted by Crippen LogP contribution is 2.20. The van der Waals surface area contributed by atoms with E-state index in [2.05, 4.69) is 5.32 Å². The van der Waals surface area contributed by atoms with Gasteiger partial charge in [0.2, 0.25) is 0 Å². The highest BCUT2D eigenvalue weighted by atomic mass is 16.7. The lowest BCUT2D eigenvalue weighted by Crippen LogP contribution is -2.39. The molecule has 2 rings (SSSR count). The summed E-state index contributed by atoms with van der Waals surface area (Å²) in [6.45, 7) is 2.56. The molecular weight excluding hydrogens is 306 g/mol. The lowest BCUT2D eigenvalue weighted by molar-refractivity contribution is -0.139. The first-order chi connectivity index (χ1) is 11.7. The van der Waals surface area contributed by atoms with E-state index < -0.39 is 18.4 Å². The molecular formula is C19H23NO4. The van der Waals surface area contributed by atoms with Gasteiger partial charge in [0, 0.05) is 13.7 Å². The Balaban J connectivity index is 2.02. The number of carbonyl (C=O) groups excluding carboxylic acids is 1. The Morgan fingerprint density at radius 2 is 1.67 bits per heavy atom. The van der Waals surface area contributed by atoms with Crippen LogP contribution in [0.15, 0.2) is 60.7 Å². The van der Waals surface area contributed by atoms with Gasteiger partial charge in [-0.15, -0.1) is 0 Å². The van der Waals surface area contributed by atoms with Gasteiger partial charge in [-0.1, -0.05) is 60.7 Å². The fourth-order valence-corrected chi connectivity index (χ4v) is 2.33. The summed E-state index contributed by atoms with van der Waals surface area (Å²) in [5, 5.41) is 2.83. The van der Waals surface area contributed by atoms with Crippen molar-refractivity contribution >= 4 is 6.09 Å². The first-order valence-electron chi connectivity index (χ1n) is 7.91. The van der Waals surface area contributed by atoms with Crippen LogP contribution in [0.4, 0.5) is 4.79 Å². The predicted octanol–water partition coefficient (Wildman–Crippen LogP) is 3.66. The van der Waals surface area contributed by atoms with Gasteiger partial charge in [-0.25, -0.2) is 4.79 Å². The Morgan fingerprint density at radius 3 is 2.25 bits per heavy atom. The van der Waals surface area contributed by atoms with Gasteiger partial charge in [-0.2, -0.15) is 0 Å². The zero-order valence-corrected chi connectivity index (χ0v) is 14.0. The van der Waals surface area contributed by atoms with Crippen molar-refractivity contribution < 1.29 is 19.0 Å². The van der Waals surface area contributed by atoms with Gasteiger partial charge < -0.3 is 19.5 Å². The molecule has 0 aromatic heterocycles. The monoisotopic (exact) mass is 329 g/mol. The van der Waals surface area contributed by atoms with Crippen LogP contribution in [0, 0.1) is 0 Å². The highest BCUT2D eigenvalue weighted by Gasteiger charge is 2.26. The van der Waals surface area contributed by atoms with Gasteiger partial charge >= 0.3 is 6.09 Å². The third kappa shape index (κ3) is 5.37. The molecule has 128 valence electrons. The number of amides is 1. The third-order valence-electron chi connectivity index (χ3n) is 3.48. The summed E-state index contributed by atoms with van der Waals surface area (Å²) < 4.78 is 16.2. The molecule has 2 atom stereocenters. The van der Waals surface area contributed by atoms with Crippen LogP contribution in [-0.4, -0.2) is 26.1 Å². The molecule has 0 spiro atoms. The van der Waals surface area contributed by atoms with Crippen LogP contribution < -0.4 is 5.32 Å². The molecule has 0 bridgehead atoms. The largest absolute Gasteiger partial charge is 0.445 e. The zero-order chi connectivity index (χ0) is 17.2. The van der Waals surface area contributed by atoms with Crippen molar-refractivity contribution in [3.05, 3.63) is 71.8 Å². The van der Waals surface area contributed by atoms with E-state index in [4.69, 9.17) is 14.2 Å². The van der Waals surface area contributed by atoms with Crippen LogP contribution in [0.3, 0.4) is 0 Å². The van der Waals surface area contributed by atoms with Crippen LogP contribution in [-0.2, 0) is 20.8 Å². The van der Waals surface area contributed by atoms with Crippen molar-refractivity contribution in [3.63, 3.8) is 0 Å². The smallest absolute Gasteiger partial charge is 0.408 e. The summed E-state index contributed by atoms with van der Waals surface area (Å²) in [4.78, 5) is 12.2. The maximum Gasteiger partial charge on any atom is 0.408 e. The van der Waals surface area contributed by atoms with Crippen molar-refractivity contribution in [2.24, 2.45) is 0 Å². The Labute approximate surface area is 142 Å². The quantitative estimate of drug-likeness (QED) is 0.751. The van der Waals surface area contributed by atoms with Crippen LogP contribution in [0.2, 0.25) is 0 Å². The van der Waals surface area contributed by atoms with E-state index in [0.717, 1.165) is 11.1 Å². The minimum absolute atomic E-state index is 0.209. The summed E-state index contributed by atoms with van der Waals surface area (Å²) in [6.07, 6.45) is -1.11. The SMILES string of the molecule is CCOC(OC)C(NC(=O)OCc1ccccc1)c1ccccc1. The van der Waals surface area contributed by atoms with E-state index in [-0.39, 0.29) is 6.61 Å². The summed E-state index contributed by atoms with van der Waals surface area (Å²) >= 11 is 0. The van der Waals surface area contributed by atoms with Crippen LogP contribution >= 0.6 is 0 Å². The number of hydrogen-bond acceptors (Lipinski definition) is 4. The average Bonchev–Trinajstić information content (AvgIpc) is 2.64. The summed E-state index contributed by atoms with van der Waals surface area (Å²) in [5.41, 5.74) is 1.81. The number of hydrogen-bond donors (Lipinski definition) is 1. The minimum Gasteiger partial charge on any atom is -0.445 e. The number of benzene rings is 2. The molecule has 5 heteroatoms. The lowest BCUT2D eigenvalue weighted by Gasteiger charge is -2.26. The Morgan fingerprint density at radius 1 is 1.04 bits per heavy atom. The molecule has 24 heavy (non-hydrogen) atoms. The Hall–Kier alpha value is -2.37. The normalized spacial score (nSPS) is 13.1. The third-order valence-corrected chi connectivity index (χ3v) is 3.48. The average molecular weight is 329 g/mol. The number of ether oxygens (including phenoxy) is 3. The van der Waals surface area contributed by atoms with Crippen molar-refractivity contribution in [1.82, 2.24) is 5.32 Å². The maximum absolute atomic E-state index is 12.2. The molecule has 0 aliphatic carbocycles. The van der Waals surface area contributed by atoms with Crippen LogP contribution in [0.5, 0.6) is 0 Å². The molecule has 0 fully saturated rings. The van der Waals surface area contributed by atoms with Crippen molar-refractivity contribution in [1.29, 1.82) is 0 Å². The van der Waals surface area contributed by atoms with E-state index in [1.807, 2.05) is 67.6 Å². The molecule has 0 aliphatic heterocycles. The van der Waals surface area contributed by atoms with Gasteiger partial charge in [0.1, 0.15) is 12.6 Å². The van der Waals surface area contributed by atoms with Gasteiger partial charge in [-0.3, -0.25) is 0 Å². The van der Waals surface area contributed by atoms with Gasteiger partial charge in [0.25, 0.3) is 0 Å². The van der Waals surface area contributed by atoms with E-state index in [1.54, 1.807) is 7.11 Å². The van der Waals surface area contributed by atoms with E-state index >= 15 is 0 Å². The second-order valence-corrected chi connectivity index (χ2v) is 5.15. The summed E-state index contributed by atoms with van der Waals surface area (Å²) in [5.74, 6) is 0. The number of nitrogens with one attached hydrogen (secondary N) is 1. The molecule has 5 nitrogen and oxygen atoms in total. The van der Waals surface area contributed by atoms with E-state index in [0.29, 0.717) is 6.61 Å². The maximum atomic E-state index is 12.2. The molecule has 2 unspecified atom stereocenters. The Bertz CT molecular complexity index is 603. The molecule has 0 saturated heterocycles. The minimum atomic E-state index is -0.596. The van der Waals surface area contributed by atoms with Crippen molar-refractivity contribution in [2.45, 2.75) is 25.9 Å². The van der Waals surface area contributed by atoms with Gasteiger partial charge in [0.05, 0.1) is 0 Å². The summed E-state index contributed by atoms with van der Waals surface area (Å²) in [7, 11) is 1.55. The lowest BCUT2D eigenvalue weighted by atomic mass is 10.1. The second kappa shape index (κ2) is 9.70. The van der Waals surface area contributed by atoms with Gasteiger partial charge in [0.15, 0.2) is 6.29 Å². The van der Waals surface area contributed by atoms with Crippen LogP contribution in [0.1, 0.15) is 24.1 Å².